The van der Waals surface area contributed by atoms with E-state index in [9.17, 15) is 38.0 Å². The molecular weight excluding hydrogens is 789 g/mol. The molecule has 17 nitrogen and oxygen atoms in total. The Hall–Kier alpha value is -4.53. The van der Waals surface area contributed by atoms with Gasteiger partial charge in [0, 0.05) is 32.2 Å². The molecule has 58 heavy (non-hydrogen) atoms. The van der Waals surface area contributed by atoms with Crippen LogP contribution in [0.5, 0.6) is 0 Å². The molecule has 1 aromatic heterocycles. The van der Waals surface area contributed by atoms with Gasteiger partial charge in [0.05, 0.1) is 49.2 Å². The number of aryl methyl sites for hydroxylation is 1. The molecule has 2 aromatic carbocycles. The molecule has 318 valence electrons. The molecular formula is C39H56N8O9S2. The quantitative estimate of drug-likeness (QED) is 0.0839. The maximum Gasteiger partial charge on any atom is 0.293 e. The van der Waals surface area contributed by atoms with Gasteiger partial charge in [0.25, 0.3) is 5.69 Å². The van der Waals surface area contributed by atoms with Crippen molar-refractivity contribution in [2.24, 2.45) is 16.3 Å². The Kier molecular flexibility index (Phi) is 14.5. The van der Waals surface area contributed by atoms with Crippen LogP contribution in [-0.2, 0) is 29.1 Å². The number of hydrogen-bond acceptors (Lipinski definition) is 13. The summed E-state index contributed by atoms with van der Waals surface area (Å²) in [4.78, 5) is 58.7. The number of hydrogen-bond donors (Lipinski definition) is 6. The number of ether oxygens (including phenoxy) is 1. The molecule has 0 aliphatic carbocycles. The number of nitro benzene ring substituents is 1. The number of likely N-dealkylation sites (tertiary alicyclic amines) is 1. The van der Waals surface area contributed by atoms with Crippen molar-refractivity contribution in [1.29, 1.82) is 0 Å². The van der Waals surface area contributed by atoms with E-state index in [2.05, 4.69) is 20.9 Å². The van der Waals surface area contributed by atoms with E-state index in [1.807, 2.05) is 38.1 Å². The average molecular weight is 845 g/mol. The van der Waals surface area contributed by atoms with Crippen LogP contribution < -0.4 is 26.8 Å². The van der Waals surface area contributed by atoms with Crippen molar-refractivity contribution in [3.63, 3.8) is 0 Å². The second-order valence-electron chi connectivity index (χ2n) is 16.7. The van der Waals surface area contributed by atoms with Crippen molar-refractivity contribution in [3.05, 3.63) is 69.3 Å². The summed E-state index contributed by atoms with van der Waals surface area (Å²) in [6.07, 6.45) is -0.465. The highest BCUT2D eigenvalue weighted by molar-refractivity contribution is 7.89. The van der Waals surface area contributed by atoms with Gasteiger partial charge in [-0.3, -0.25) is 24.5 Å². The van der Waals surface area contributed by atoms with Crippen LogP contribution in [0, 0.1) is 22.5 Å². The van der Waals surface area contributed by atoms with Gasteiger partial charge < -0.3 is 36.4 Å². The minimum atomic E-state index is -4.13. The van der Waals surface area contributed by atoms with E-state index < -0.39 is 79.1 Å². The second-order valence-corrected chi connectivity index (χ2v) is 19.1. The zero-order valence-corrected chi connectivity index (χ0v) is 35.8. The molecule has 0 bridgehead atoms. The van der Waals surface area contributed by atoms with Gasteiger partial charge in [0.15, 0.2) is 0 Å². The molecule has 3 amide bonds. The fraction of sp³-hybridized carbons (Fsp3) is 0.538. The number of sulfonamides is 1. The maximum absolute atomic E-state index is 14.2. The van der Waals surface area contributed by atoms with Crippen LogP contribution in [0.2, 0.25) is 0 Å². The van der Waals surface area contributed by atoms with Gasteiger partial charge in [-0.05, 0) is 76.1 Å². The highest BCUT2D eigenvalue weighted by Crippen LogP contribution is 2.31. The fourth-order valence-corrected chi connectivity index (χ4v) is 7.87. The van der Waals surface area contributed by atoms with Crippen LogP contribution in [-0.4, -0.2) is 95.1 Å². The molecule has 1 aliphatic heterocycles. The number of thiazole rings is 1. The topological polar surface area (TPSA) is 262 Å². The van der Waals surface area contributed by atoms with E-state index in [1.54, 1.807) is 51.5 Å². The van der Waals surface area contributed by atoms with E-state index in [1.165, 1.54) is 24.0 Å². The van der Waals surface area contributed by atoms with Crippen LogP contribution in [0.4, 0.5) is 11.4 Å². The zero-order valence-electron chi connectivity index (χ0n) is 34.2. The summed E-state index contributed by atoms with van der Waals surface area (Å²) in [7, 11) is -4.13. The first-order valence-corrected chi connectivity index (χ1v) is 21.3. The molecule has 0 radical (unpaired) electrons. The third-order valence-corrected chi connectivity index (χ3v) is 12.1. The van der Waals surface area contributed by atoms with Gasteiger partial charge in [-0.15, -0.1) is 11.3 Å². The lowest BCUT2D eigenvalue weighted by molar-refractivity contribution is -0.384. The van der Waals surface area contributed by atoms with Gasteiger partial charge in [-0.25, -0.2) is 18.5 Å². The number of aliphatic hydroxyl groups is 1. The summed E-state index contributed by atoms with van der Waals surface area (Å²) in [6, 6.07) is 8.71. The molecule has 19 heteroatoms. The Morgan fingerprint density at radius 1 is 1.09 bits per heavy atom. The molecule has 1 fully saturated rings. The van der Waals surface area contributed by atoms with E-state index in [0.717, 1.165) is 27.8 Å². The van der Waals surface area contributed by atoms with Gasteiger partial charge >= 0.3 is 0 Å². The Morgan fingerprint density at radius 3 is 2.31 bits per heavy atom. The van der Waals surface area contributed by atoms with Gasteiger partial charge in [0.1, 0.15) is 17.8 Å². The van der Waals surface area contributed by atoms with Crippen LogP contribution in [0.15, 0.2) is 52.9 Å². The Labute approximate surface area is 343 Å². The molecule has 0 spiro atoms. The van der Waals surface area contributed by atoms with Gasteiger partial charge in [-0.2, -0.15) is 0 Å². The van der Waals surface area contributed by atoms with E-state index in [0.29, 0.717) is 6.42 Å². The van der Waals surface area contributed by atoms with Crippen molar-refractivity contribution in [3.8, 4) is 10.4 Å². The van der Waals surface area contributed by atoms with Crippen molar-refractivity contribution < 1.29 is 37.6 Å². The lowest BCUT2D eigenvalue weighted by Gasteiger charge is -2.37. The lowest BCUT2D eigenvalue weighted by atomic mass is 9.84. The predicted octanol–water partition coefficient (Wildman–Crippen LogP) is 3.75. The minimum Gasteiger partial charge on any atom is -0.391 e. The van der Waals surface area contributed by atoms with E-state index in [4.69, 9.17) is 15.6 Å². The Balaban J connectivity index is 1.34. The van der Waals surface area contributed by atoms with E-state index >= 15 is 0 Å². The summed E-state index contributed by atoms with van der Waals surface area (Å²) >= 11 is 1.55. The highest BCUT2D eigenvalue weighted by atomic mass is 32.2. The van der Waals surface area contributed by atoms with Crippen molar-refractivity contribution >= 4 is 50.5 Å². The molecule has 2 unspecified atom stereocenters. The number of carbonyl (C=O) groups excluding carboxylic acids is 3. The summed E-state index contributed by atoms with van der Waals surface area (Å²) in [5.41, 5.74) is 7.73. The number of nitrogens with zero attached hydrogens (tertiary/aromatic N) is 3. The zero-order chi connectivity index (χ0) is 43.4. The van der Waals surface area contributed by atoms with Gasteiger partial charge in [0.2, 0.25) is 27.7 Å². The SMILES string of the molecule is Cc1ncsc1-c1ccc([C@H](C)NC(=O)[C@@H]2C[C@@H](O)CN2C(=O)C(NC(=O)C(C)(N)CCOC(C)(C)CCNc2ccc(S(N)(=O)=O)cc2[N+](=O)[O-])C(C)(C)C)cc1. The first-order chi connectivity index (χ1) is 26.8. The first kappa shape index (κ1) is 46.2. The highest BCUT2D eigenvalue weighted by Gasteiger charge is 2.46. The number of rotatable bonds is 17. The third kappa shape index (κ3) is 11.8. The van der Waals surface area contributed by atoms with Gasteiger partial charge in [-0.1, -0.05) is 45.0 Å². The number of aliphatic hydroxyl groups excluding tert-OH is 1. The molecule has 2 heterocycles. The molecule has 1 saturated heterocycles. The first-order valence-electron chi connectivity index (χ1n) is 18.9. The largest absolute Gasteiger partial charge is 0.391 e. The Morgan fingerprint density at radius 2 is 1.74 bits per heavy atom. The third-order valence-electron chi connectivity index (χ3n) is 10.2. The smallest absolute Gasteiger partial charge is 0.293 e. The molecule has 4 rings (SSSR count). The molecule has 0 saturated carbocycles. The van der Waals surface area contributed by atoms with Crippen LogP contribution in [0.1, 0.15) is 85.0 Å². The number of carbonyl (C=O) groups is 3. The maximum atomic E-state index is 14.2. The minimum absolute atomic E-state index is 0.0394. The number of primary sulfonamides is 1. The summed E-state index contributed by atoms with van der Waals surface area (Å²) in [5.74, 6) is -1.55. The van der Waals surface area contributed by atoms with Crippen LogP contribution in [0.3, 0.4) is 0 Å². The summed E-state index contributed by atoms with van der Waals surface area (Å²) < 4.78 is 29.4. The number of nitro groups is 1. The summed E-state index contributed by atoms with van der Waals surface area (Å²) in [5, 5.41) is 36.1. The van der Waals surface area contributed by atoms with Crippen LogP contribution in [0.25, 0.3) is 10.4 Å². The number of benzene rings is 2. The number of β-amino-alcohol motifs (C(OH)–C–C–N with tert-alkyl or cyclic N) is 1. The molecule has 3 aromatic rings. The fourth-order valence-electron chi connectivity index (χ4n) is 6.52. The number of nitrogens with one attached hydrogen (secondary N) is 3. The normalized spacial score (nSPS) is 18.2. The summed E-state index contributed by atoms with van der Waals surface area (Å²) in [6.45, 7) is 14.5. The predicted molar refractivity (Wildman–Crippen MR) is 221 cm³/mol. The second kappa shape index (κ2) is 18.2. The molecule has 8 N–H and O–H groups in total. The lowest BCUT2D eigenvalue weighted by Crippen LogP contribution is -2.62. The molecule has 1 aliphatic rings. The van der Waals surface area contributed by atoms with Crippen molar-refractivity contribution in [2.75, 3.05) is 25.0 Å². The molecule has 5 atom stereocenters. The van der Waals surface area contributed by atoms with Crippen molar-refractivity contribution in [2.45, 2.75) is 115 Å². The van der Waals surface area contributed by atoms with Crippen molar-refractivity contribution in [1.82, 2.24) is 20.5 Å². The standard InChI is InChI=1S/C39H56N8O9S2/c1-23(25-9-11-26(12-10-25)32-24(2)43-22-57-32)44-34(49)31-19-27(48)21-46(31)35(50)33(37(3,4)5)45-36(51)39(8,40)16-18-56-38(6,7)15-17-42-29-14-13-28(58(41,54)55)20-30(29)47(52)53/h9-14,20,22-23,27,31,33,42,48H,15-19,21,40H2,1-8H3,(H,44,49)(H,45,51)(H2,41,54,55)/t23-,27+,31-,33?,39?/m0/s1. The number of anilines is 1. The van der Waals surface area contributed by atoms with Crippen LogP contribution >= 0.6 is 11.3 Å². The average Bonchev–Trinajstić information content (AvgIpc) is 3.74. The monoisotopic (exact) mass is 844 g/mol. The number of amides is 3. The Bertz CT molecular complexity index is 2080. The number of nitrogens with two attached hydrogens (primary N) is 2. The van der Waals surface area contributed by atoms with E-state index in [-0.39, 0.29) is 43.1 Å². The number of aromatic nitrogens is 1.